The van der Waals surface area contributed by atoms with Crippen LogP contribution in [0, 0.1) is 0 Å². The van der Waals surface area contributed by atoms with Crippen molar-refractivity contribution in [3.8, 4) is 0 Å². The van der Waals surface area contributed by atoms with Crippen LogP contribution in [0.2, 0.25) is 0 Å². The second-order valence-electron chi connectivity index (χ2n) is 4.63. The zero-order chi connectivity index (χ0) is 14.4. The SMILES string of the molecule is CCc1ccc(NC(=S)N[C@H](C)c2ccccn2)cc1. The van der Waals surface area contributed by atoms with Gasteiger partial charge in [-0.2, -0.15) is 0 Å². The summed E-state index contributed by atoms with van der Waals surface area (Å²) in [5.41, 5.74) is 3.28. The standard InChI is InChI=1S/C16H19N3S/c1-3-13-7-9-14(10-8-13)19-16(20)18-12(2)15-6-4-5-11-17-15/h4-12H,3H2,1-2H3,(H2,18,19,20)/t12-/m1/s1. The summed E-state index contributed by atoms with van der Waals surface area (Å²) in [5.74, 6) is 0. The van der Waals surface area contributed by atoms with Crippen molar-refractivity contribution >= 4 is 23.0 Å². The number of nitrogens with zero attached hydrogens (tertiary/aromatic N) is 1. The number of aromatic nitrogens is 1. The smallest absolute Gasteiger partial charge is 0.171 e. The fourth-order valence-corrected chi connectivity index (χ4v) is 2.19. The lowest BCUT2D eigenvalue weighted by molar-refractivity contribution is 0.696. The molecule has 0 radical (unpaired) electrons. The largest absolute Gasteiger partial charge is 0.354 e. The van der Waals surface area contributed by atoms with Gasteiger partial charge in [-0.25, -0.2) is 0 Å². The van der Waals surface area contributed by atoms with Gasteiger partial charge in [0.25, 0.3) is 0 Å². The van der Waals surface area contributed by atoms with E-state index in [1.54, 1.807) is 6.20 Å². The highest BCUT2D eigenvalue weighted by molar-refractivity contribution is 7.80. The van der Waals surface area contributed by atoms with Crippen LogP contribution in [0.4, 0.5) is 5.69 Å². The van der Waals surface area contributed by atoms with Crippen LogP contribution < -0.4 is 10.6 Å². The molecule has 2 aromatic rings. The van der Waals surface area contributed by atoms with E-state index in [2.05, 4.69) is 34.7 Å². The Morgan fingerprint density at radius 1 is 1.20 bits per heavy atom. The molecule has 1 atom stereocenters. The molecule has 3 nitrogen and oxygen atoms in total. The van der Waals surface area contributed by atoms with Crippen molar-refractivity contribution in [2.24, 2.45) is 0 Å². The van der Waals surface area contributed by atoms with E-state index >= 15 is 0 Å². The molecule has 2 rings (SSSR count). The van der Waals surface area contributed by atoms with Gasteiger partial charge in [0.2, 0.25) is 0 Å². The molecule has 0 aliphatic rings. The van der Waals surface area contributed by atoms with Crippen LogP contribution in [0.3, 0.4) is 0 Å². The van der Waals surface area contributed by atoms with Crippen molar-refractivity contribution in [2.75, 3.05) is 5.32 Å². The van der Waals surface area contributed by atoms with Gasteiger partial charge < -0.3 is 10.6 Å². The number of aryl methyl sites for hydroxylation is 1. The van der Waals surface area contributed by atoms with Crippen molar-refractivity contribution in [1.29, 1.82) is 0 Å². The maximum absolute atomic E-state index is 5.32. The van der Waals surface area contributed by atoms with Gasteiger partial charge in [0.05, 0.1) is 11.7 Å². The summed E-state index contributed by atoms with van der Waals surface area (Å²) in [6.07, 6.45) is 2.83. The molecule has 0 aliphatic carbocycles. The van der Waals surface area contributed by atoms with Crippen molar-refractivity contribution < 1.29 is 0 Å². The number of hydrogen-bond donors (Lipinski definition) is 2. The Labute approximate surface area is 125 Å². The lowest BCUT2D eigenvalue weighted by Crippen LogP contribution is -2.31. The Bertz CT molecular complexity index is 552. The molecule has 0 amide bonds. The van der Waals surface area contributed by atoms with E-state index in [9.17, 15) is 0 Å². The first-order valence-corrected chi connectivity index (χ1v) is 7.17. The van der Waals surface area contributed by atoms with E-state index in [4.69, 9.17) is 12.2 Å². The first-order chi connectivity index (χ1) is 9.69. The second-order valence-corrected chi connectivity index (χ2v) is 5.03. The Hall–Kier alpha value is -1.94. The number of benzene rings is 1. The third kappa shape index (κ3) is 4.03. The highest BCUT2D eigenvalue weighted by atomic mass is 32.1. The highest BCUT2D eigenvalue weighted by Crippen LogP contribution is 2.11. The minimum Gasteiger partial charge on any atom is -0.354 e. The van der Waals surface area contributed by atoms with Gasteiger partial charge in [0.1, 0.15) is 0 Å². The molecule has 1 aromatic heterocycles. The lowest BCUT2D eigenvalue weighted by Gasteiger charge is -2.16. The fraction of sp³-hybridized carbons (Fsp3) is 0.250. The topological polar surface area (TPSA) is 37.0 Å². The van der Waals surface area contributed by atoms with Crippen LogP contribution in [0.15, 0.2) is 48.7 Å². The zero-order valence-corrected chi connectivity index (χ0v) is 12.6. The van der Waals surface area contributed by atoms with E-state index in [1.165, 1.54) is 5.56 Å². The third-order valence-electron chi connectivity index (χ3n) is 3.10. The Kier molecular flexibility index (Phi) is 5.07. The molecule has 0 saturated carbocycles. The summed E-state index contributed by atoms with van der Waals surface area (Å²) >= 11 is 5.32. The summed E-state index contributed by atoms with van der Waals surface area (Å²) in [6, 6.07) is 14.2. The molecule has 104 valence electrons. The minimum atomic E-state index is 0.0751. The Morgan fingerprint density at radius 3 is 2.55 bits per heavy atom. The van der Waals surface area contributed by atoms with Gasteiger partial charge in [-0.3, -0.25) is 4.98 Å². The molecule has 0 aliphatic heterocycles. The van der Waals surface area contributed by atoms with Crippen LogP contribution in [0.5, 0.6) is 0 Å². The van der Waals surface area contributed by atoms with Gasteiger partial charge in [-0.05, 0) is 55.4 Å². The number of thiocarbonyl (C=S) groups is 1. The second kappa shape index (κ2) is 7.01. The predicted molar refractivity (Wildman–Crippen MR) is 87.8 cm³/mol. The van der Waals surface area contributed by atoms with Crippen molar-refractivity contribution in [3.05, 3.63) is 59.9 Å². The highest BCUT2D eigenvalue weighted by Gasteiger charge is 2.07. The average molecular weight is 285 g/mol. The van der Waals surface area contributed by atoms with Crippen molar-refractivity contribution in [3.63, 3.8) is 0 Å². The monoisotopic (exact) mass is 285 g/mol. The summed E-state index contributed by atoms with van der Waals surface area (Å²) in [4.78, 5) is 4.31. The molecule has 1 heterocycles. The maximum Gasteiger partial charge on any atom is 0.171 e. The molecular formula is C16H19N3S. The Morgan fingerprint density at radius 2 is 1.95 bits per heavy atom. The molecule has 0 bridgehead atoms. The molecule has 20 heavy (non-hydrogen) atoms. The summed E-state index contributed by atoms with van der Waals surface area (Å²) in [6.45, 7) is 4.18. The van der Waals surface area contributed by atoms with E-state index in [1.807, 2.05) is 37.3 Å². The van der Waals surface area contributed by atoms with Crippen LogP contribution in [0.25, 0.3) is 0 Å². The van der Waals surface area contributed by atoms with E-state index in [0.29, 0.717) is 5.11 Å². The van der Waals surface area contributed by atoms with Crippen LogP contribution >= 0.6 is 12.2 Å². The normalized spacial score (nSPS) is 11.7. The quantitative estimate of drug-likeness (QED) is 0.840. The number of anilines is 1. The number of nitrogens with one attached hydrogen (secondary N) is 2. The first-order valence-electron chi connectivity index (χ1n) is 6.76. The summed E-state index contributed by atoms with van der Waals surface area (Å²) < 4.78 is 0. The van der Waals surface area contributed by atoms with Crippen molar-refractivity contribution in [2.45, 2.75) is 26.3 Å². The molecule has 0 saturated heterocycles. The fourth-order valence-electron chi connectivity index (χ4n) is 1.89. The summed E-state index contributed by atoms with van der Waals surface area (Å²) in [5, 5.41) is 7.02. The number of pyridine rings is 1. The average Bonchev–Trinajstić information content (AvgIpc) is 2.49. The van der Waals surface area contributed by atoms with Crippen molar-refractivity contribution in [1.82, 2.24) is 10.3 Å². The van der Waals surface area contributed by atoms with Crippen LogP contribution in [-0.4, -0.2) is 10.1 Å². The van der Waals surface area contributed by atoms with Gasteiger partial charge >= 0.3 is 0 Å². The lowest BCUT2D eigenvalue weighted by atomic mass is 10.1. The van der Waals surface area contributed by atoms with E-state index < -0.39 is 0 Å². The first kappa shape index (κ1) is 14.5. The number of rotatable bonds is 4. The third-order valence-corrected chi connectivity index (χ3v) is 3.32. The predicted octanol–water partition coefficient (Wildman–Crippen LogP) is 3.69. The summed E-state index contributed by atoms with van der Waals surface area (Å²) in [7, 11) is 0. The molecule has 0 spiro atoms. The van der Waals surface area contributed by atoms with Crippen LogP contribution in [0.1, 0.15) is 31.1 Å². The molecule has 2 N–H and O–H groups in total. The Balaban J connectivity index is 1.91. The molecule has 0 fully saturated rings. The van der Waals surface area contributed by atoms with Gasteiger partial charge in [0.15, 0.2) is 5.11 Å². The molecular weight excluding hydrogens is 266 g/mol. The van der Waals surface area contributed by atoms with E-state index in [0.717, 1.165) is 17.8 Å². The molecule has 1 aromatic carbocycles. The maximum atomic E-state index is 5.32. The van der Waals surface area contributed by atoms with E-state index in [-0.39, 0.29) is 6.04 Å². The molecule has 4 heteroatoms. The van der Waals surface area contributed by atoms with Gasteiger partial charge in [-0.15, -0.1) is 0 Å². The van der Waals surface area contributed by atoms with Gasteiger partial charge in [0, 0.05) is 11.9 Å². The zero-order valence-electron chi connectivity index (χ0n) is 11.8. The van der Waals surface area contributed by atoms with Crippen LogP contribution in [-0.2, 0) is 6.42 Å². The minimum absolute atomic E-state index is 0.0751. The molecule has 0 unspecified atom stereocenters. The number of hydrogen-bond acceptors (Lipinski definition) is 2. The van der Waals surface area contributed by atoms with Gasteiger partial charge in [-0.1, -0.05) is 25.1 Å².